The Morgan fingerprint density at radius 1 is 1.41 bits per heavy atom. The molecule has 1 aliphatic heterocycles. The zero-order valence-corrected chi connectivity index (χ0v) is 11.8. The van der Waals surface area contributed by atoms with Crippen molar-refractivity contribution in [2.45, 2.75) is 31.7 Å². The van der Waals surface area contributed by atoms with E-state index in [0.717, 1.165) is 16.8 Å². The fraction of sp³-hybridized carbons (Fsp3) is 0.909. The summed E-state index contributed by atoms with van der Waals surface area (Å²) in [7, 11) is -2.89. The summed E-state index contributed by atoms with van der Waals surface area (Å²) in [5.41, 5.74) is 0. The lowest BCUT2D eigenvalue weighted by atomic mass is 9.86. The van der Waals surface area contributed by atoms with Crippen LogP contribution < -0.4 is 5.32 Å². The van der Waals surface area contributed by atoms with Crippen LogP contribution in [-0.4, -0.2) is 43.9 Å². The van der Waals surface area contributed by atoms with Gasteiger partial charge in [-0.2, -0.15) is 0 Å². The van der Waals surface area contributed by atoms with Crippen molar-refractivity contribution >= 4 is 26.8 Å². The topological polar surface area (TPSA) is 58.5 Å². The zero-order chi connectivity index (χ0) is 12.3. The Labute approximate surface area is 108 Å². The molecule has 2 aliphatic rings. The molecule has 1 heterocycles. The second-order valence-corrected chi connectivity index (χ2v) is 8.19. The maximum absolute atomic E-state index is 11.0. The van der Waals surface area contributed by atoms with Gasteiger partial charge in [-0.25, -0.2) is 8.42 Å². The third-order valence-electron chi connectivity index (χ3n) is 3.37. The SMILES string of the molecule is CS(=O)(=O)CCN=C1NC2CCCCC2CS1. The van der Waals surface area contributed by atoms with Gasteiger partial charge in [0.15, 0.2) is 5.17 Å². The van der Waals surface area contributed by atoms with Crippen LogP contribution in [-0.2, 0) is 9.84 Å². The quantitative estimate of drug-likeness (QED) is 0.843. The molecule has 0 aromatic carbocycles. The zero-order valence-electron chi connectivity index (χ0n) is 10.2. The van der Waals surface area contributed by atoms with Crippen LogP contribution >= 0.6 is 11.8 Å². The van der Waals surface area contributed by atoms with Gasteiger partial charge in [-0.3, -0.25) is 4.99 Å². The molecule has 2 unspecified atom stereocenters. The molecule has 4 nitrogen and oxygen atoms in total. The fourth-order valence-electron chi connectivity index (χ4n) is 2.39. The average molecular weight is 276 g/mol. The number of rotatable bonds is 3. The Bertz CT molecular complexity index is 392. The fourth-order valence-corrected chi connectivity index (χ4v) is 4.00. The summed E-state index contributed by atoms with van der Waals surface area (Å²) in [5.74, 6) is 2.06. The van der Waals surface area contributed by atoms with Crippen molar-refractivity contribution in [1.29, 1.82) is 0 Å². The third-order valence-corrected chi connectivity index (χ3v) is 5.41. The number of hydrogen-bond donors (Lipinski definition) is 1. The molecule has 0 radical (unpaired) electrons. The minimum absolute atomic E-state index is 0.146. The highest BCUT2D eigenvalue weighted by Crippen LogP contribution is 2.31. The van der Waals surface area contributed by atoms with E-state index in [1.807, 2.05) is 0 Å². The Hall–Kier alpha value is -0.230. The molecule has 1 saturated heterocycles. The van der Waals surface area contributed by atoms with Crippen LogP contribution in [0.5, 0.6) is 0 Å². The van der Waals surface area contributed by atoms with Gasteiger partial charge >= 0.3 is 0 Å². The molecule has 1 saturated carbocycles. The predicted molar refractivity (Wildman–Crippen MR) is 73.4 cm³/mol. The van der Waals surface area contributed by atoms with Crippen LogP contribution in [0, 0.1) is 5.92 Å². The molecule has 0 aromatic heterocycles. The lowest BCUT2D eigenvalue weighted by Crippen LogP contribution is -2.46. The predicted octanol–water partition coefficient (Wildman–Crippen LogP) is 1.28. The molecule has 2 rings (SSSR count). The number of thioether (sulfide) groups is 1. The van der Waals surface area contributed by atoms with Gasteiger partial charge in [0.25, 0.3) is 0 Å². The van der Waals surface area contributed by atoms with Gasteiger partial charge in [-0.15, -0.1) is 0 Å². The standard InChI is InChI=1S/C11H20N2O2S2/c1-17(14,15)7-6-12-11-13-10-5-3-2-4-9(10)8-16-11/h9-10H,2-8H2,1H3,(H,12,13). The summed E-state index contributed by atoms with van der Waals surface area (Å²) >= 11 is 1.74. The Balaban J connectivity index is 1.84. The van der Waals surface area contributed by atoms with Gasteiger partial charge < -0.3 is 5.32 Å². The van der Waals surface area contributed by atoms with Crippen LogP contribution in [0.15, 0.2) is 4.99 Å². The number of nitrogens with zero attached hydrogens (tertiary/aromatic N) is 1. The van der Waals surface area contributed by atoms with E-state index in [0.29, 0.717) is 12.6 Å². The minimum atomic E-state index is -2.89. The van der Waals surface area contributed by atoms with Crippen molar-refractivity contribution in [2.24, 2.45) is 10.9 Å². The molecular weight excluding hydrogens is 256 g/mol. The van der Waals surface area contributed by atoms with Gasteiger partial charge in [0.1, 0.15) is 9.84 Å². The van der Waals surface area contributed by atoms with E-state index in [2.05, 4.69) is 10.3 Å². The Kier molecular flexibility index (Phi) is 4.36. The average Bonchev–Trinajstić information content (AvgIpc) is 2.27. The summed E-state index contributed by atoms with van der Waals surface area (Å²) in [6.45, 7) is 0.381. The first-order chi connectivity index (χ1) is 8.04. The van der Waals surface area contributed by atoms with Crippen molar-refractivity contribution in [3.63, 3.8) is 0 Å². The molecule has 6 heteroatoms. The van der Waals surface area contributed by atoms with Crippen LogP contribution in [0.3, 0.4) is 0 Å². The maximum Gasteiger partial charge on any atom is 0.156 e. The molecule has 0 aromatic rings. The van der Waals surface area contributed by atoms with Crippen molar-refractivity contribution in [3.8, 4) is 0 Å². The second-order valence-electron chi connectivity index (χ2n) is 4.92. The Morgan fingerprint density at radius 2 is 2.18 bits per heavy atom. The first-order valence-corrected chi connectivity index (χ1v) is 9.21. The van der Waals surface area contributed by atoms with E-state index >= 15 is 0 Å². The van der Waals surface area contributed by atoms with Crippen molar-refractivity contribution < 1.29 is 8.42 Å². The molecular formula is C11H20N2O2S2. The maximum atomic E-state index is 11.0. The number of fused-ring (bicyclic) bond motifs is 1. The highest BCUT2D eigenvalue weighted by atomic mass is 32.2. The summed E-state index contributed by atoms with van der Waals surface area (Å²) in [6, 6.07) is 0.571. The number of nitrogens with one attached hydrogen (secondary N) is 1. The van der Waals surface area contributed by atoms with E-state index in [1.54, 1.807) is 11.8 Å². The van der Waals surface area contributed by atoms with Gasteiger partial charge in [0, 0.05) is 18.1 Å². The molecule has 2 atom stereocenters. The van der Waals surface area contributed by atoms with Crippen molar-refractivity contribution in [1.82, 2.24) is 5.32 Å². The van der Waals surface area contributed by atoms with Crippen molar-refractivity contribution in [3.05, 3.63) is 0 Å². The van der Waals surface area contributed by atoms with Crippen LogP contribution in [0.4, 0.5) is 0 Å². The first kappa shape index (κ1) is 13.2. The lowest BCUT2D eigenvalue weighted by molar-refractivity contribution is 0.311. The number of sulfone groups is 1. The monoisotopic (exact) mass is 276 g/mol. The second kappa shape index (κ2) is 5.61. The van der Waals surface area contributed by atoms with E-state index in [4.69, 9.17) is 0 Å². The third kappa shape index (κ3) is 4.17. The van der Waals surface area contributed by atoms with Crippen LogP contribution in [0.1, 0.15) is 25.7 Å². The minimum Gasteiger partial charge on any atom is -0.362 e. The molecule has 98 valence electrons. The summed E-state index contributed by atoms with van der Waals surface area (Å²) in [4.78, 5) is 4.35. The van der Waals surface area contributed by atoms with E-state index in [-0.39, 0.29) is 5.75 Å². The van der Waals surface area contributed by atoms with E-state index < -0.39 is 9.84 Å². The largest absolute Gasteiger partial charge is 0.362 e. The van der Waals surface area contributed by atoms with E-state index in [9.17, 15) is 8.42 Å². The highest BCUT2D eigenvalue weighted by molar-refractivity contribution is 8.13. The Morgan fingerprint density at radius 3 is 2.94 bits per heavy atom. The number of aliphatic imine (C=N–C) groups is 1. The first-order valence-electron chi connectivity index (χ1n) is 6.16. The molecule has 0 bridgehead atoms. The summed E-state index contributed by atoms with van der Waals surface area (Å²) in [5, 5.41) is 4.40. The number of amidine groups is 1. The molecule has 1 aliphatic carbocycles. The number of hydrogen-bond acceptors (Lipinski definition) is 4. The molecule has 2 fully saturated rings. The summed E-state index contributed by atoms with van der Waals surface area (Å²) in [6.07, 6.45) is 6.46. The van der Waals surface area contributed by atoms with Gasteiger partial charge in [0.2, 0.25) is 0 Å². The molecule has 17 heavy (non-hydrogen) atoms. The molecule has 1 N–H and O–H groups in total. The highest BCUT2D eigenvalue weighted by Gasteiger charge is 2.30. The smallest absolute Gasteiger partial charge is 0.156 e. The molecule has 0 amide bonds. The normalized spacial score (nSPS) is 31.9. The van der Waals surface area contributed by atoms with Gasteiger partial charge in [0.05, 0.1) is 12.3 Å². The van der Waals surface area contributed by atoms with E-state index in [1.165, 1.54) is 31.9 Å². The van der Waals surface area contributed by atoms with Crippen molar-refractivity contribution in [2.75, 3.05) is 24.3 Å². The van der Waals surface area contributed by atoms with Gasteiger partial charge in [-0.1, -0.05) is 24.6 Å². The lowest BCUT2D eigenvalue weighted by Gasteiger charge is -2.36. The van der Waals surface area contributed by atoms with Crippen LogP contribution in [0.25, 0.3) is 0 Å². The molecule has 0 spiro atoms. The summed E-state index contributed by atoms with van der Waals surface area (Å²) < 4.78 is 22.0. The van der Waals surface area contributed by atoms with Gasteiger partial charge in [-0.05, 0) is 18.8 Å². The van der Waals surface area contributed by atoms with Crippen LogP contribution in [0.2, 0.25) is 0 Å².